The van der Waals surface area contributed by atoms with Crippen molar-refractivity contribution in [3.63, 3.8) is 0 Å². The van der Waals surface area contributed by atoms with Gasteiger partial charge in [0.15, 0.2) is 0 Å². The molecule has 1 heterocycles. The number of hydrogen-bond acceptors (Lipinski definition) is 0. The maximum absolute atomic E-state index is 3.63. The number of aryl methyl sites for hydroxylation is 2. The van der Waals surface area contributed by atoms with Gasteiger partial charge < -0.3 is 4.98 Å². The van der Waals surface area contributed by atoms with Crippen molar-refractivity contribution in [3.8, 4) is 11.3 Å². The van der Waals surface area contributed by atoms with Crippen LogP contribution in [0, 0.1) is 13.8 Å². The Balaban J connectivity index is 2.11. The Hall–Kier alpha value is -2.02. The van der Waals surface area contributed by atoms with Crippen molar-refractivity contribution in [2.45, 2.75) is 20.3 Å². The Morgan fingerprint density at radius 2 is 1.89 bits per heavy atom. The summed E-state index contributed by atoms with van der Waals surface area (Å²) in [6, 6.07) is 13.3. The van der Waals surface area contributed by atoms with Crippen LogP contribution in [0.25, 0.3) is 22.2 Å². The van der Waals surface area contributed by atoms with Crippen LogP contribution < -0.4 is 0 Å². The third kappa shape index (κ3) is 1.16. The minimum atomic E-state index is 1.06. The number of hydrogen-bond donors (Lipinski definition) is 1. The van der Waals surface area contributed by atoms with Crippen LogP contribution in [0.4, 0.5) is 0 Å². The first kappa shape index (κ1) is 9.95. The average Bonchev–Trinajstić information content (AvgIpc) is 2.86. The molecule has 1 N–H and O–H groups in total. The van der Waals surface area contributed by atoms with Crippen molar-refractivity contribution >= 4 is 10.9 Å². The highest BCUT2D eigenvalue weighted by Gasteiger charge is 2.22. The predicted molar refractivity (Wildman–Crippen MR) is 76.0 cm³/mol. The highest BCUT2D eigenvalue weighted by atomic mass is 14.7. The van der Waals surface area contributed by atoms with Crippen molar-refractivity contribution in [1.29, 1.82) is 0 Å². The molecule has 0 unspecified atom stereocenters. The van der Waals surface area contributed by atoms with Crippen molar-refractivity contribution in [2.24, 2.45) is 0 Å². The zero-order valence-electron chi connectivity index (χ0n) is 10.7. The van der Waals surface area contributed by atoms with Crippen LogP contribution in [0.1, 0.15) is 22.3 Å². The van der Waals surface area contributed by atoms with Gasteiger partial charge in [-0.25, -0.2) is 0 Å². The SMILES string of the molecule is Cc1cc(C)c2[nH]c3c(c2c1)Cc1ccccc1-3. The van der Waals surface area contributed by atoms with Gasteiger partial charge in [0.05, 0.1) is 5.69 Å². The Kier molecular flexibility index (Phi) is 1.80. The molecular formula is C17H15N. The fourth-order valence-corrected chi connectivity index (χ4v) is 3.23. The van der Waals surface area contributed by atoms with E-state index in [1.54, 1.807) is 0 Å². The lowest BCUT2D eigenvalue weighted by molar-refractivity contribution is 1.28. The first-order chi connectivity index (χ1) is 8.74. The molecule has 4 rings (SSSR count). The van der Waals surface area contributed by atoms with Gasteiger partial charge in [0.2, 0.25) is 0 Å². The fourth-order valence-electron chi connectivity index (χ4n) is 3.23. The zero-order chi connectivity index (χ0) is 12.3. The van der Waals surface area contributed by atoms with Crippen molar-refractivity contribution < 1.29 is 0 Å². The van der Waals surface area contributed by atoms with Gasteiger partial charge in [0.1, 0.15) is 0 Å². The first-order valence-corrected chi connectivity index (χ1v) is 6.44. The molecule has 0 bridgehead atoms. The van der Waals surface area contributed by atoms with Gasteiger partial charge in [-0.1, -0.05) is 35.9 Å². The molecule has 0 aliphatic heterocycles. The van der Waals surface area contributed by atoms with Gasteiger partial charge >= 0.3 is 0 Å². The van der Waals surface area contributed by atoms with E-state index in [9.17, 15) is 0 Å². The first-order valence-electron chi connectivity index (χ1n) is 6.44. The highest BCUT2D eigenvalue weighted by Crippen LogP contribution is 2.41. The summed E-state index contributed by atoms with van der Waals surface area (Å²) in [5, 5.41) is 1.40. The smallest absolute Gasteiger partial charge is 0.0503 e. The monoisotopic (exact) mass is 233 g/mol. The Labute approximate surface area is 106 Å². The third-order valence-electron chi connectivity index (χ3n) is 4.01. The van der Waals surface area contributed by atoms with E-state index < -0.39 is 0 Å². The molecule has 0 saturated carbocycles. The Morgan fingerprint density at radius 1 is 1.06 bits per heavy atom. The maximum atomic E-state index is 3.63. The summed E-state index contributed by atoms with van der Waals surface area (Å²) in [4.78, 5) is 3.63. The molecule has 88 valence electrons. The van der Waals surface area contributed by atoms with E-state index in [1.165, 1.54) is 44.4 Å². The predicted octanol–water partition coefficient (Wildman–Crippen LogP) is 4.36. The van der Waals surface area contributed by atoms with E-state index in [0.29, 0.717) is 0 Å². The molecular weight excluding hydrogens is 218 g/mol. The molecule has 1 aliphatic carbocycles. The van der Waals surface area contributed by atoms with E-state index in [-0.39, 0.29) is 0 Å². The van der Waals surface area contributed by atoms with Gasteiger partial charge in [0.25, 0.3) is 0 Å². The quantitative estimate of drug-likeness (QED) is 0.464. The van der Waals surface area contributed by atoms with Crippen molar-refractivity contribution in [3.05, 3.63) is 58.7 Å². The summed E-state index contributed by atoms with van der Waals surface area (Å²) in [6.07, 6.45) is 1.06. The fraction of sp³-hybridized carbons (Fsp3) is 0.176. The van der Waals surface area contributed by atoms with Crippen molar-refractivity contribution in [1.82, 2.24) is 4.98 Å². The molecule has 0 spiro atoms. The van der Waals surface area contributed by atoms with Crippen LogP contribution in [-0.2, 0) is 6.42 Å². The summed E-state index contributed by atoms with van der Waals surface area (Å²) in [5.74, 6) is 0. The van der Waals surface area contributed by atoms with E-state index in [4.69, 9.17) is 0 Å². The van der Waals surface area contributed by atoms with Gasteiger partial charge in [-0.05, 0) is 36.6 Å². The number of aromatic amines is 1. The molecule has 2 aromatic carbocycles. The third-order valence-corrected chi connectivity index (χ3v) is 4.01. The van der Waals surface area contributed by atoms with Crippen LogP contribution >= 0.6 is 0 Å². The van der Waals surface area contributed by atoms with E-state index in [1.807, 2.05) is 0 Å². The summed E-state index contributed by atoms with van der Waals surface area (Å²) < 4.78 is 0. The van der Waals surface area contributed by atoms with Gasteiger partial charge in [-0.3, -0.25) is 0 Å². The van der Waals surface area contributed by atoms with Gasteiger partial charge in [0, 0.05) is 22.9 Å². The molecule has 0 fully saturated rings. The number of fused-ring (bicyclic) bond motifs is 5. The van der Waals surface area contributed by atoms with Crippen LogP contribution in [0.3, 0.4) is 0 Å². The Bertz CT molecular complexity index is 778. The Morgan fingerprint density at radius 3 is 2.78 bits per heavy atom. The van der Waals surface area contributed by atoms with Crippen LogP contribution in [0.15, 0.2) is 36.4 Å². The van der Waals surface area contributed by atoms with Gasteiger partial charge in [-0.2, -0.15) is 0 Å². The molecule has 0 atom stereocenters. The molecule has 3 aromatic rings. The average molecular weight is 233 g/mol. The maximum Gasteiger partial charge on any atom is 0.0503 e. The van der Waals surface area contributed by atoms with Crippen LogP contribution in [0.5, 0.6) is 0 Å². The van der Waals surface area contributed by atoms with E-state index in [2.05, 4.69) is 55.2 Å². The minimum absolute atomic E-state index is 1.06. The molecule has 1 heteroatoms. The van der Waals surface area contributed by atoms with Crippen LogP contribution in [-0.4, -0.2) is 4.98 Å². The zero-order valence-corrected chi connectivity index (χ0v) is 10.7. The summed E-state index contributed by atoms with van der Waals surface area (Å²) in [5.41, 5.74) is 9.61. The lowest BCUT2D eigenvalue weighted by Crippen LogP contribution is -1.84. The second-order valence-corrected chi connectivity index (χ2v) is 5.32. The molecule has 0 radical (unpaired) electrons. The van der Waals surface area contributed by atoms with Crippen molar-refractivity contribution in [2.75, 3.05) is 0 Å². The van der Waals surface area contributed by atoms with E-state index in [0.717, 1.165) is 6.42 Å². The topological polar surface area (TPSA) is 15.8 Å². The number of rotatable bonds is 0. The highest BCUT2D eigenvalue weighted by molar-refractivity contribution is 5.96. The second kappa shape index (κ2) is 3.26. The minimum Gasteiger partial charge on any atom is -0.354 e. The summed E-state index contributed by atoms with van der Waals surface area (Å²) in [6.45, 7) is 4.36. The normalized spacial score (nSPS) is 12.8. The number of nitrogens with one attached hydrogen (secondary N) is 1. The number of benzene rings is 2. The number of aromatic nitrogens is 1. The van der Waals surface area contributed by atoms with Gasteiger partial charge in [-0.15, -0.1) is 0 Å². The summed E-state index contributed by atoms with van der Waals surface area (Å²) in [7, 11) is 0. The lowest BCUT2D eigenvalue weighted by atomic mass is 10.0. The van der Waals surface area contributed by atoms with Crippen LogP contribution in [0.2, 0.25) is 0 Å². The standard InChI is InChI=1S/C17H15N/c1-10-7-11(2)16-14(8-10)15-9-12-5-3-4-6-13(12)17(15)18-16/h3-8,18H,9H2,1-2H3. The molecule has 0 amide bonds. The molecule has 0 saturated heterocycles. The lowest BCUT2D eigenvalue weighted by Gasteiger charge is -2.02. The second-order valence-electron chi connectivity index (χ2n) is 5.32. The summed E-state index contributed by atoms with van der Waals surface area (Å²) >= 11 is 0. The largest absolute Gasteiger partial charge is 0.354 e. The number of H-pyrrole nitrogens is 1. The molecule has 1 nitrogen and oxygen atoms in total. The molecule has 1 aromatic heterocycles. The molecule has 1 aliphatic rings. The van der Waals surface area contributed by atoms with E-state index >= 15 is 0 Å². The molecule has 18 heavy (non-hydrogen) atoms.